The van der Waals surface area contributed by atoms with Crippen LogP contribution in [0.1, 0.15) is 32.0 Å². The highest BCUT2D eigenvalue weighted by molar-refractivity contribution is 8.00. The SMILES string of the molecule is CC(C)(C)c1cc(NC(=O)NCc2ccccc2Oc2ccc3c(c2)N2C=CN(C(=O)N4CCOCC4)C2S3)n(-c2ccc(O)c(Cl)c2)n1. The van der Waals surface area contributed by atoms with Crippen LogP contribution >= 0.6 is 23.4 Å². The number of hydrogen-bond acceptors (Lipinski definition) is 8. The van der Waals surface area contributed by atoms with Gasteiger partial charge in [-0.05, 0) is 36.4 Å². The quantitative estimate of drug-likeness (QED) is 0.195. The Bertz CT molecular complexity index is 1940. The largest absolute Gasteiger partial charge is 0.506 e. The summed E-state index contributed by atoms with van der Waals surface area (Å²) in [7, 11) is 0. The molecule has 3 aromatic carbocycles. The van der Waals surface area contributed by atoms with Crippen molar-refractivity contribution in [3.8, 4) is 22.9 Å². The van der Waals surface area contributed by atoms with Crippen molar-refractivity contribution in [2.75, 3.05) is 36.5 Å². The molecule has 4 aromatic rings. The number of carbonyl (C=O) groups excluding carboxylic acids is 2. The number of nitrogens with one attached hydrogen (secondary N) is 2. The Morgan fingerprint density at radius 2 is 1.86 bits per heavy atom. The number of nitrogens with zero attached hydrogens (tertiary/aromatic N) is 5. The summed E-state index contributed by atoms with van der Waals surface area (Å²) in [6, 6.07) is 19.5. The van der Waals surface area contributed by atoms with Crippen molar-refractivity contribution in [3.63, 3.8) is 0 Å². The maximum absolute atomic E-state index is 13.2. The van der Waals surface area contributed by atoms with Crippen LogP contribution in [0.3, 0.4) is 0 Å². The Hall–Kier alpha value is -4.85. The Labute approximate surface area is 293 Å². The first-order chi connectivity index (χ1) is 23.5. The highest BCUT2D eigenvalue weighted by atomic mass is 35.5. The molecule has 1 atom stereocenters. The molecular weight excluding hydrogens is 666 g/mol. The summed E-state index contributed by atoms with van der Waals surface area (Å²) in [4.78, 5) is 33.1. The molecule has 0 radical (unpaired) electrons. The number of benzene rings is 3. The van der Waals surface area contributed by atoms with Crippen LogP contribution in [0.4, 0.5) is 21.1 Å². The number of ether oxygens (including phenoxy) is 2. The smallest absolute Gasteiger partial charge is 0.326 e. The standard InChI is InChI=1S/C35H36ClN7O5S/c1-35(2,3)30-20-31(43(39-30)23-8-10-27(44)25(36)18-23)38-32(45)37-21-22-6-4-5-7-28(22)48-24-9-11-29-26(19-24)41-12-13-42(34(41)49-29)33(46)40-14-16-47-17-15-40/h4-13,18-20,34,44H,14-17,21H2,1-3H3,(H2,37,38,45). The molecule has 14 heteroatoms. The summed E-state index contributed by atoms with van der Waals surface area (Å²) in [5, 5.41) is 20.6. The normalized spacial score (nSPS) is 16.8. The summed E-state index contributed by atoms with van der Waals surface area (Å²) >= 11 is 7.79. The number of hydrogen-bond donors (Lipinski definition) is 3. The Morgan fingerprint density at radius 3 is 2.63 bits per heavy atom. The van der Waals surface area contributed by atoms with E-state index in [1.807, 2.05) is 86.6 Å². The van der Waals surface area contributed by atoms with Crippen molar-refractivity contribution < 1.29 is 24.2 Å². The van der Waals surface area contributed by atoms with Crippen molar-refractivity contribution in [1.29, 1.82) is 0 Å². The molecule has 3 aliphatic rings. The summed E-state index contributed by atoms with van der Waals surface area (Å²) in [5.74, 6) is 1.64. The lowest BCUT2D eigenvalue weighted by atomic mass is 9.92. The molecule has 3 aliphatic heterocycles. The minimum Gasteiger partial charge on any atom is -0.506 e. The predicted molar refractivity (Wildman–Crippen MR) is 189 cm³/mol. The van der Waals surface area contributed by atoms with Gasteiger partial charge in [-0.1, -0.05) is 62.3 Å². The molecule has 0 saturated carbocycles. The topological polar surface area (TPSA) is 124 Å². The van der Waals surface area contributed by atoms with Gasteiger partial charge in [-0.3, -0.25) is 10.2 Å². The van der Waals surface area contributed by atoms with E-state index in [-0.39, 0.29) is 34.3 Å². The molecule has 0 bridgehead atoms. The molecule has 1 unspecified atom stereocenters. The highest BCUT2D eigenvalue weighted by Crippen LogP contribution is 2.49. The first-order valence-corrected chi connectivity index (χ1v) is 17.1. The average molecular weight is 702 g/mol. The molecule has 1 fully saturated rings. The van der Waals surface area contributed by atoms with E-state index >= 15 is 0 Å². The number of fused-ring (bicyclic) bond motifs is 3. The summed E-state index contributed by atoms with van der Waals surface area (Å²) in [6.45, 7) is 8.57. The van der Waals surface area contributed by atoms with Gasteiger partial charge in [0.1, 0.15) is 23.1 Å². The molecule has 254 valence electrons. The van der Waals surface area contributed by atoms with Crippen LogP contribution < -0.4 is 20.3 Å². The lowest BCUT2D eigenvalue weighted by Gasteiger charge is -2.32. The van der Waals surface area contributed by atoms with Gasteiger partial charge >= 0.3 is 12.1 Å². The van der Waals surface area contributed by atoms with Crippen molar-refractivity contribution >= 4 is 46.9 Å². The van der Waals surface area contributed by atoms with E-state index in [1.54, 1.807) is 33.5 Å². The Morgan fingerprint density at radius 1 is 1.06 bits per heavy atom. The second-order valence-electron chi connectivity index (χ2n) is 12.8. The number of halogens is 1. The number of rotatable bonds is 6. The van der Waals surface area contributed by atoms with Gasteiger partial charge in [0.25, 0.3) is 0 Å². The molecule has 49 heavy (non-hydrogen) atoms. The number of aromatic nitrogens is 2. The van der Waals surface area contributed by atoms with Gasteiger partial charge in [0.15, 0.2) is 5.50 Å². The third-order valence-corrected chi connectivity index (χ3v) is 9.91. The van der Waals surface area contributed by atoms with Crippen molar-refractivity contribution in [2.24, 2.45) is 0 Å². The minimum absolute atomic E-state index is 0.0295. The number of phenols is 1. The second kappa shape index (κ2) is 13.2. The second-order valence-corrected chi connectivity index (χ2v) is 14.3. The monoisotopic (exact) mass is 701 g/mol. The number of amides is 4. The third-order valence-electron chi connectivity index (χ3n) is 8.34. The lowest BCUT2D eigenvalue weighted by molar-refractivity contribution is 0.0467. The van der Waals surface area contributed by atoms with Gasteiger partial charge in [-0.25, -0.2) is 14.3 Å². The van der Waals surface area contributed by atoms with Gasteiger partial charge in [0.05, 0.1) is 35.3 Å². The number of urea groups is 2. The minimum atomic E-state index is -0.432. The molecule has 0 spiro atoms. The number of para-hydroxylation sites is 1. The number of aromatic hydroxyl groups is 1. The zero-order valence-electron chi connectivity index (χ0n) is 27.2. The molecular formula is C35H36ClN7O5S. The number of thioether (sulfide) groups is 1. The average Bonchev–Trinajstić information content (AvgIpc) is 3.80. The van der Waals surface area contributed by atoms with E-state index in [1.165, 1.54) is 6.07 Å². The van der Waals surface area contributed by atoms with Crippen molar-refractivity contribution in [2.45, 2.75) is 43.1 Å². The molecule has 4 amide bonds. The van der Waals surface area contributed by atoms with E-state index in [0.29, 0.717) is 49.3 Å². The maximum atomic E-state index is 13.2. The Kier molecular flexibility index (Phi) is 8.82. The number of morpholine rings is 1. The maximum Gasteiger partial charge on any atom is 0.326 e. The fourth-order valence-electron chi connectivity index (χ4n) is 5.66. The summed E-state index contributed by atoms with van der Waals surface area (Å²) in [5.41, 5.74) is 2.62. The molecule has 4 heterocycles. The van der Waals surface area contributed by atoms with Crippen LogP contribution in [0.5, 0.6) is 17.2 Å². The van der Waals surface area contributed by atoms with Gasteiger partial charge in [-0.2, -0.15) is 5.10 Å². The van der Waals surface area contributed by atoms with Crippen LogP contribution in [0.15, 0.2) is 84.0 Å². The third kappa shape index (κ3) is 6.74. The predicted octanol–water partition coefficient (Wildman–Crippen LogP) is 7.08. The number of carbonyl (C=O) groups is 2. The van der Waals surface area contributed by atoms with Gasteiger partial charge in [-0.15, -0.1) is 0 Å². The molecule has 1 saturated heterocycles. The zero-order chi connectivity index (χ0) is 34.3. The molecule has 1 aromatic heterocycles. The fourth-order valence-corrected chi connectivity index (χ4v) is 7.07. The Balaban J connectivity index is 1.03. The van der Waals surface area contributed by atoms with Crippen LogP contribution in [0.25, 0.3) is 5.69 Å². The zero-order valence-corrected chi connectivity index (χ0v) is 28.8. The van der Waals surface area contributed by atoms with E-state index in [0.717, 1.165) is 21.8 Å². The molecule has 7 rings (SSSR count). The highest BCUT2D eigenvalue weighted by Gasteiger charge is 2.40. The van der Waals surface area contributed by atoms with E-state index in [2.05, 4.69) is 15.5 Å². The van der Waals surface area contributed by atoms with Crippen LogP contribution in [0.2, 0.25) is 5.02 Å². The van der Waals surface area contributed by atoms with E-state index < -0.39 is 6.03 Å². The van der Waals surface area contributed by atoms with Crippen LogP contribution in [-0.4, -0.2) is 68.6 Å². The molecule has 0 aliphatic carbocycles. The van der Waals surface area contributed by atoms with E-state index in [9.17, 15) is 14.7 Å². The van der Waals surface area contributed by atoms with E-state index in [4.69, 9.17) is 26.2 Å². The van der Waals surface area contributed by atoms with Gasteiger partial charge in [0, 0.05) is 60.0 Å². The summed E-state index contributed by atoms with van der Waals surface area (Å²) in [6.07, 6.45) is 3.75. The number of anilines is 2. The van der Waals surface area contributed by atoms with Crippen molar-refractivity contribution in [3.05, 3.63) is 95.4 Å². The molecule has 12 nitrogen and oxygen atoms in total. The number of phenolic OH excluding ortho intramolecular Hbond substituents is 1. The first kappa shape index (κ1) is 32.7. The molecule has 3 N–H and O–H groups in total. The lowest BCUT2D eigenvalue weighted by Crippen LogP contribution is -2.49. The summed E-state index contributed by atoms with van der Waals surface area (Å²) < 4.78 is 13.4. The first-order valence-electron chi connectivity index (χ1n) is 15.9. The van der Waals surface area contributed by atoms with Gasteiger partial charge < -0.3 is 29.7 Å². The van der Waals surface area contributed by atoms with Crippen LogP contribution in [-0.2, 0) is 16.7 Å². The fraction of sp³-hybridized carbons (Fsp3) is 0.286. The van der Waals surface area contributed by atoms with Crippen molar-refractivity contribution in [1.82, 2.24) is 24.9 Å². The van der Waals surface area contributed by atoms with Gasteiger partial charge in [0.2, 0.25) is 0 Å². The van der Waals surface area contributed by atoms with Crippen LogP contribution in [0, 0.1) is 0 Å².